The van der Waals surface area contributed by atoms with Gasteiger partial charge in [-0.15, -0.1) is 0 Å². The normalized spacial score (nSPS) is 18.2. The first-order valence-corrected chi connectivity index (χ1v) is 10.2. The van der Waals surface area contributed by atoms with Crippen LogP contribution in [-0.2, 0) is 24.4 Å². The Balaban J connectivity index is 1.65. The summed E-state index contributed by atoms with van der Waals surface area (Å²) in [4.78, 5) is 28.3. The third-order valence-corrected chi connectivity index (χ3v) is 5.71. The van der Waals surface area contributed by atoms with Crippen molar-refractivity contribution in [2.75, 3.05) is 0 Å². The number of amides is 2. The molecule has 0 saturated carbocycles. The Hall–Kier alpha value is -3.12. The summed E-state index contributed by atoms with van der Waals surface area (Å²) in [5, 5.41) is 8.05. The Kier molecular flexibility index (Phi) is 5.35. The summed E-state index contributed by atoms with van der Waals surface area (Å²) in [7, 11) is 0. The van der Waals surface area contributed by atoms with Crippen LogP contribution in [0.1, 0.15) is 34.2 Å². The fourth-order valence-corrected chi connectivity index (χ4v) is 3.89. The van der Waals surface area contributed by atoms with Gasteiger partial charge in [0.25, 0.3) is 5.91 Å². The number of aromatic nitrogens is 2. The van der Waals surface area contributed by atoms with Crippen LogP contribution in [0.5, 0.6) is 0 Å². The van der Waals surface area contributed by atoms with Crippen LogP contribution >= 0.6 is 11.6 Å². The lowest BCUT2D eigenvalue weighted by Crippen LogP contribution is -2.63. The highest BCUT2D eigenvalue weighted by atomic mass is 35.5. The average molecular weight is 423 g/mol. The van der Waals surface area contributed by atoms with E-state index in [2.05, 4.69) is 10.4 Å². The largest absolute Gasteiger partial charge is 0.350 e. The minimum atomic E-state index is -1.09. The molecule has 0 unspecified atom stereocenters. The number of benzene rings is 2. The fraction of sp³-hybridized carbons (Fsp3) is 0.261. The molecule has 0 fully saturated rings. The van der Waals surface area contributed by atoms with Gasteiger partial charge in [0.15, 0.2) is 0 Å². The van der Waals surface area contributed by atoms with E-state index in [1.54, 1.807) is 34.7 Å². The van der Waals surface area contributed by atoms with Crippen LogP contribution in [0.25, 0.3) is 0 Å². The number of aryl methyl sites for hydroxylation is 1. The topological polar surface area (TPSA) is 67.2 Å². The first kappa shape index (κ1) is 20.2. The van der Waals surface area contributed by atoms with E-state index < -0.39 is 5.54 Å². The van der Waals surface area contributed by atoms with E-state index >= 15 is 0 Å². The molecule has 0 aliphatic carbocycles. The number of hydrogen-bond acceptors (Lipinski definition) is 3. The Morgan fingerprint density at radius 1 is 1.13 bits per heavy atom. The maximum absolute atomic E-state index is 13.4. The summed E-state index contributed by atoms with van der Waals surface area (Å²) < 4.78 is 1.64. The molecule has 0 saturated heterocycles. The number of halogens is 1. The van der Waals surface area contributed by atoms with Gasteiger partial charge >= 0.3 is 0 Å². The lowest BCUT2D eigenvalue weighted by Gasteiger charge is -2.43. The standard InChI is InChI=1S/C23H23ClN4O2/c1-16-12-20-21(29)27(14-18-8-10-19(24)11-9-18)23(2,15-28(20)26-16)22(30)25-13-17-6-4-3-5-7-17/h3-12H,13-15H2,1-2H3,(H,25,30)/t23-/m1/s1. The zero-order valence-corrected chi connectivity index (χ0v) is 17.7. The van der Waals surface area contributed by atoms with E-state index in [4.69, 9.17) is 11.6 Å². The summed E-state index contributed by atoms with van der Waals surface area (Å²) >= 11 is 6.00. The molecule has 7 heteroatoms. The Morgan fingerprint density at radius 2 is 1.83 bits per heavy atom. The highest BCUT2D eigenvalue weighted by Gasteiger charge is 2.47. The van der Waals surface area contributed by atoms with E-state index in [-0.39, 0.29) is 18.4 Å². The van der Waals surface area contributed by atoms with Crippen molar-refractivity contribution in [3.8, 4) is 0 Å². The molecule has 2 heterocycles. The maximum atomic E-state index is 13.4. The summed E-state index contributed by atoms with van der Waals surface area (Å²) in [6.07, 6.45) is 0. The smallest absolute Gasteiger partial charge is 0.273 e. The van der Waals surface area contributed by atoms with Crippen molar-refractivity contribution in [1.82, 2.24) is 20.0 Å². The lowest BCUT2D eigenvalue weighted by atomic mass is 9.94. The van der Waals surface area contributed by atoms with Crippen molar-refractivity contribution >= 4 is 23.4 Å². The molecule has 0 bridgehead atoms. The van der Waals surface area contributed by atoms with Crippen molar-refractivity contribution in [2.24, 2.45) is 0 Å². The van der Waals surface area contributed by atoms with Crippen LogP contribution in [0.4, 0.5) is 0 Å². The number of nitrogens with one attached hydrogen (secondary N) is 1. The number of hydrogen-bond donors (Lipinski definition) is 1. The highest BCUT2D eigenvalue weighted by molar-refractivity contribution is 6.30. The van der Waals surface area contributed by atoms with Gasteiger partial charge < -0.3 is 10.2 Å². The molecule has 1 aliphatic rings. The molecule has 6 nitrogen and oxygen atoms in total. The fourth-order valence-electron chi connectivity index (χ4n) is 3.76. The number of rotatable bonds is 5. The van der Waals surface area contributed by atoms with Gasteiger partial charge in [0.2, 0.25) is 5.91 Å². The number of nitrogens with zero attached hydrogens (tertiary/aromatic N) is 3. The summed E-state index contributed by atoms with van der Waals surface area (Å²) in [6, 6.07) is 18.8. The van der Waals surface area contributed by atoms with Crippen LogP contribution in [0.15, 0.2) is 60.7 Å². The molecular formula is C23H23ClN4O2. The minimum absolute atomic E-state index is 0.214. The zero-order valence-electron chi connectivity index (χ0n) is 16.9. The second-order valence-corrected chi connectivity index (χ2v) is 8.22. The molecular weight excluding hydrogens is 400 g/mol. The molecule has 1 atom stereocenters. The lowest BCUT2D eigenvalue weighted by molar-refractivity contribution is -0.133. The highest BCUT2D eigenvalue weighted by Crippen LogP contribution is 2.29. The van der Waals surface area contributed by atoms with E-state index in [9.17, 15) is 9.59 Å². The number of carbonyl (C=O) groups excluding carboxylic acids is 2. The van der Waals surface area contributed by atoms with Crippen molar-refractivity contribution in [2.45, 2.75) is 39.0 Å². The summed E-state index contributed by atoms with van der Waals surface area (Å²) in [5.41, 5.74) is 2.06. The molecule has 30 heavy (non-hydrogen) atoms. The molecule has 2 aromatic carbocycles. The average Bonchev–Trinajstić information content (AvgIpc) is 3.11. The maximum Gasteiger partial charge on any atom is 0.273 e. The van der Waals surface area contributed by atoms with Gasteiger partial charge in [-0.2, -0.15) is 5.10 Å². The third kappa shape index (κ3) is 3.83. The molecule has 1 aliphatic heterocycles. The van der Waals surface area contributed by atoms with Crippen LogP contribution in [0.3, 0.4) is 0 Å². The van der Waals surface area contributed by atoms with E-state index in [0.29, 0.717) is 23.8 Å². The molecule has 1 aromatic heterocycles. The van der Waals surface area contributed by atoms with Crippen molar-refractivity contribution in [3.05, 3.63) is 88.2 Å². The van der Waals surface area contributed by atoms with Gasteiger partial charge in [-0.25, -0.2) is 0 Å². The molecule has 0 radical (unpaired) electrons. The van der Waals surface area contributed by atoms with E-state index in [1.807, 2.05) is 49.4 Å². The van der Waals surface area contributed by atoms with Gasteiger partial charge in [-0.05, 0) is 43.2 Å². The number of carbonyl (C=O) groups is 2. The van der Waals surface area contributed by atoms with Gasteiger partial charge in [0, 0.05) is 18.1 Å². The Labute approximate surface area is 180 Å². The molecule has 0 spiro atoms. The predicted octanol–water partition coefficient (Wildman–Crippen LogP) is 3.58. The van der Waals surface area contributed by atoms with Crippen molar-refractivity contribution in [1.29, 1.82) is 0 Å². The second kappa shape index (κ2) is 7.95. The van der Waals surface area contributed by atoms with E-state index in [1.165, 1.54) is 0 Å². The SMILES string of the molecule is Cc1cc2n(n1)C[C@](C)(C(=O)NCc1ccccc1)N(Cc1ccc(Cl)cc1)C2=O. The first-order chi connectivity index (χ1) is 14.4. The quantitative estimate of drug-likeness (QED) is 0.683. The van der Waals surface area contributed by atoms with Gasteiger partial charge in [-0.3, -0.25) is 14.3 Å². The summed E-state index contributed by atoms with van der Waals surface area (Å²) in [6.45, 7) is 4.62. The van der Waals surface area contributed by atoms with Crippen LogP contribution in [0.2, 0.25) is 5.02 Å². The third-order valence-electron chi connectivity index (χ3n) is 5.46. The molecule has 154 valence electrons. The van der Waals surface area contributed by atoms with Crippen LogP contribution in [-0.4, -0.2) is 32.0 Å². The predicted molar refractivity (Wildman–Crippen MR) is 115 cm³/mol. The van der Waals surface area contributed by atoms with Gasteiger partial charge in [0.05, 0.1) is 12.2 Å². The Morgan fingerprint density at radius 3 is 2.53 bits per heavy atom. The molecule has 4 rings (SSSR count). The molecule has 2 amide bonds. The van der Waals surface area contributed by atoms with Crippen LogP contribution < -0.4 is 5.32 Å². The zero-order chi connectivity index (χ0) is 21.3. The minimum Gasteiger partial charge on any atom is -0.350 e. The monoisotopic (exact) mass is 422 g/mol. The van der Waals surface area contributed by atoms with Crippen molar-refractivity contribution in [3.63, 3.8) is 0 Å². The van der Waals surface area contributed by atoms with E-state index in [0.717, 1.165) is 16.8 Å². The second-order valence-electron chi connectivity index (χ2n) is 7.79. The first-order valence-electron chi connectivity index (χ1n) is 9.80. The van der Waals surface area contributed by atoms with Gasteiger partial charge in [0.1, 0.15) is 11.2 Å². The summed E-state index contributed by atoms with van der Waals surface area (Å²) in [5.74, 6) is -0.429. The van der Waals surface area contributed by atoms with Crippen LogP contribution in [0, 0.1) is 6.92 Å². The molecule has 3 aromatic rings. The van der Waals surface area contributed by atoms with Crippen molar-refractivity contribution < 1.29 is 9.59 Å². The van der Waals surface area contributed by atoms with Gasteiger partial charge in [-0.1, -0.05) is 54.1 Å². The molecule has 1 N–H and O–H groups in total. The number of fused-ring (bicyclic) bond motifs is 1. The Bertz CT molecular complexity index is 1080.